The number of nitrogens with one attached hydrogen (secondary N) is 2. The zero-order chi connectivity index (χ0) is 22.7. The molecule has 0 aromatic carbocycles. The SMILES string of the molecule is CN(C(=N)N)C(C(=O)O)P(=O)(O)O.CN(CC(=O)O)C(=N)N.O=P(O)(O)O. The Labute approximate surface area is 152 Å². The predicted octanol–water partition coefficient (Wildman–Crippen LogP) is -3.63. The van der Waals surface area contributed by atoms with Crippen molar-refractivity contribution in [3.63, 3.8) is 0 Å². The third-order valence-corrected chi connectivity index (χ3v) is 3.27. The second-order valence-electron chi connectivity index (χ2n) is 4.45. The van der Waals surface area contributed by atoms with Crippen LogP contribution in [0.4, 0.5) is 0 Å². The van der Waals surface area contributed by atoms with E-state index < -0.39 is 39.1 Å². The minimum atomic E-state index is -4.84. The van der Waals surface area contributed by atoms with E-state index in [4.69, 9.17) is 61.5 Å². The first-order chi connectivity index (χ1) is 11.7. The van der Waals surface area contributed by atoms with Crippen LogP contribution in [0.5, 0.6) is 0 Å². The van der Waals surface area contributed by atoms with Crippen LogP contribution in [0.2, 0.25) is 0 Å². The fourth-order valence-electron chi connectivity index (χ4n) is 0.955. The average Bonchev–Trinajstić information content (AvgIpc) is 2.33. The highest BCUT2D eigenvalue weighted by Gasteiger charge is 2.40. The fourth-order valence-corrected chi connectivity index (χ4v) is 1.82. The maximum absolute atomic E-state index is 10.6. The largest absolute Gasteiger partial charge is 0.480 e. The maximum atomic E-state index is 10.6. The molecule has 0 fully saturated rings. The van der Waals surface area contributed by atoms with Gasteiger partial charge in [-0.2, -0.15) is 0 Å². The van der Waals surface area contributed by atoms with Gasteiger partial charge in [-0.3, -0.25) is 20.2 Å². The van der Waals surface area contributed by atoms with E-state index in [0.717, 1.165) is 11.9 Å². The van der Waals surface area contributed by atoms with Crippen molar-refractivity contribution in [1.82, 2.24) is 9.80 Å². The van der Waals surface area contributed by atoms with Crippen molar-refractivity contribution >= 4 is 39.3 Å². The predicted molar refractivity (Wildman–Crippen MR) is 89.6 cm³/mol. The van der Waals surface area contributed by atoms with Crippen LogP contribution in [0.3, 0.4) is 0 Å². The van der Waals surface area contributed by atoms with Gasteiger partial charge in [-0.25, -0.2) is 9.36 Å². The highest BCUT2D eigenvalue weighted by atomic mass is 31.2. The summed E-state index contributed by atoms with van der Waals surface area (Å²) in [5, 5.41) is 30.1. The van der Waals surface area contributed by atoms with E-state index in [1.165, 1.54) is 7.05 Å². The van der Waals surface area contributed by atoms with Crippen molar-refractivity contribution in [2.24, 2.45) is 11.5 Å². The van der Waals surface area contributed by atoms with Crippen molar-refractivity contribution in [3.8, 4) is 0 Å². The van der Waals surface area contributed by atoms with E-state index >= 15 is 0 Å². The summed E-state index contributed by atoms with van der Waals surface area (Å²) >= 11 is 0. The lowest BCUT2D eigenvalue weighted by Crippen LogP contribution is -2.45. The van der Waals surface area contributed by atoms with Crippen LogP contribution < -0.4 is 11.5 Å². The number of nitrogens with two attached hydrogens (primary N) is 2. The van der Waals surface area contributed by atoms with Gasteiger partial charge in [-0.15, -0.1) is 0 Å². The van der Waals surface area contributed by atoms with E-state index in [9.17, 15) is 14.2 Å². The van der Waals surface area contributed by atoms with Crippen molar-refractivity contribution in [1.29, 1.82) is 10.8 Å². The summed E-state index contributed by atoms with van der Waals surface area (Å²) in [6.45, 7) is -0.227. The summed E-state index contributed by atoms with van der Waals surface area (Å²) in [5.41, 5.74) is 9.80. The van der Waals surface area contributed by atoms with Crippen LogP contribution in [0.1, 0.15) is 0 Å². The standard InChI is InChI=1S/C4H10N3O5P.C4H9N3O2.H3O4P/c1-7(4(5)6)2(3(8)9)13(10,11)12;1-7(4(5)6)2-3(8)9;1-5(2,3)4/h2H,1H3,(H3,5,6)(H,8,9)(H2,10,11,12);2H2,1H3,(H3,5,6)(H,8,9);(H3,1,2,3,4). The van der Waals surface area contributed by atoms with Crippen LogP contribution in [0.25, 0.3) is 0 Å². The third-order valence-electron chi connectivity index (χ3n) is 2.07. The van der Waals surface area contributed by atoms with Crippen LogP contribution in [-0.4, -0.2) is 94.8 Å². The molecular weight excluding hydrogens is 418 g/mol. The van der Waals surface area contributed by atoms with E-state index in [2.05, 4.69) is 0 Å². The lowest BCUT2D eigenvalue weighted by molar-refractivity contribution is -0.139. The number of guanidine groups is 2. The first-order valence-corrected chi connectivity index (χ1v) is 9.36. The molecule has 0 saturated heterocycles. The van der Waals surface area contributed by atoms with Gasteiger partial charge in [0.25, 0.3) is 0 Å². The summed E-state index contributed by atoms with van der Waals surface area (Å²) in [7, 11) is -7.02. The molecule has 19 heteroatoms. The normalized spacial score (nSPS) is 11.5. The molecule has 0 aromatic heterocycles. The second-order valence-corrected chi connectivity index (χ2v) is 7.14. The van der Waals surface area contributed by atoms with Crippen LogP contribution in [0.15, 0.2) is 0 Å². The number of hydrogen-bond acceptors (Lipinski definition) is 6. The number of carboxylic acid groups (broad SMARTS) is 2. The molecule has 0 amide bonds. The van der Waals surface area contributed by atoms with Gasteiger partial charge in [0, 0.05) is 14.1 Å². The molecular formula is C8H22N6O11P2. The van der Waals surface area contributed by atoms with E-state index in [-0.39, 0.29) is 12.5 Å². The van der Waals surface area contributed by atoms with Gasteiger partial charge in [-0.05, 0) is 0 Å². The molecule has 17 nitrogen and oxygen atoms in total. The molecule has 0 aliphatic rings. The Morgan fingerprint density at radius 2 is 1.30 bits per heavy atom. The number of carbonyl (C=O) groups is 2. The first-order valence-electron chi connectivity index (χ1n) is 6.11. The summed E-state index contributed by atoms with van der Waals surface area (Å²) in [6.07, 6.45) is 0. The molecule has 27 heavy (non-hydrogen) atoms. The summed E-state index contributed by atoms with van der Waals surface area (Å²) < 4.78 is 19.5. The van der Waals surface area contributed by atoms with Gasteiger partial charge in [0.15, 0.2) is 11.9 Å². The Hall–Kier alpha value is -2.26. The molecule has 1 atom stereocenters. The molecule has 0 spiro atoms. The van der Waals surface area contributed by atoms with Crippen molar-refractivity contribution in [2.75, 3.05) is 20.6 Å². The van der Waals surface area contributed by atoms with Crippen LogP contribution in [0, 0.1) is 10.8 Å². The zero-order valence-electron chi connectivity index (χ0n) is 14.0. The Morgan fingerprint density at radius 1 is 0.963 bits per heavy atom. The fraction of sp³-hybridized carbons (Fsp3) is 0.500. The van der Waals surface area contributed by atoms with Gasteiger partial charge in [0.2, 0.25) is 5.78 Å². The Balaban J connectivity index is -0.000000356. The van der Waals surface area contributed by atoms with Gasteiger partial charge in [0.1, 0.15) is 6.54 Å². The van der Waals surface area contributed by atoms with Gasteiger partial charge < -0.3 is 55.9 Å². The molecule has 13 N–H and O–H groups in total. The average molecular weight is 440 g/mol. The van der Waals surface area contributed by atoms with Gasteiger partial charge in [0.05, 0.1) is 0 Å². The minimum Gasteiger partial charge on any atom is -0.480 e. The number of phosphoric acid groups is 1. The number of rotatable bonds is 5. The summed E-state index contributed by atoms with van der Waals surface area (Å²) in [5.74, 6) is -5.79. The smallest absolute Gasteiger partial charge is 0.466 e. The third kappa shape index (κ3) is 19.9. The molecule has 0 aliphatic heterocycles. The number of nitrogens with zero attached hydrogens (tertiary/aromatic N) is 2. The number of aliphatic carboxylic acids is 2. The molecule has 0 bridgehead atoms. The topological polar surface area (TPSA) is 316 Å². The summed E-state index contributed by atoms with van der Waals surface area (Å²) in [4.78, 5) is 60.7. The minimum absolute atomic E-state index is 0.227. The number of hydrogen-bond donors (Lipinski definition) is 11. The number of likely N-dealkylation sites (N-methyl/N-ethyl adjacent to an activating group) is 2. The quantitative estimate of drug-likeness (QED) is 0.112. The molecule has 160 valence electrons. The van der Waals surface area contributed by atoms with Crippen LogP contribution >= 0.6 is 15.4 Å². The molecule has 0 aliphatic carbocycles. The van der Waals surface area contributed by atoms with E-state index in [0.29, 0.717) is 4.90 Å². The van der Waals surface area contributed by atoms with Crippen LogP contribution in [-0.2, 0) is 18.7 Å². The Bertz CT molecular complexity index is 622. The number of carboxylic acids is 2. The summed E-state index contributed by atoms with van der Waals surface area (Å²) in [6, 6.07) is 0. The van der Waals surface area contributed by atoms with Gasteiger partial charge in [-0.1, -0.05) is 0 Å². The van der Waals surface area contributed by atoms with E-state index in [1.54, 1.807) is 0 Å². The van der Waals surface area contributed by atoms with E-state index in [1.807, 2.05) is 0 Å². The molecule has 0 saturated carbocycles. The maximum Gasteiger partial charge on any atom is 0.466 e. The highest BCUT2D eigenvalue weighted by molar-refractivity contribution is 7.53. The zero-order valence-corrected chi connectivity index (χ0v) is 15.8. The first kappa shape index (κ1) is 29.5. The Kier molecular flexibility index (Phi) is 13.3. The second kappa shape index (κ2) is 12.2. The highest BCUT2D eigenvalue weighted by Crippen LogP contribution is 2.42. The Morgan fingerprint density at radius 3 is 1.37 bits per heavy atom. The van der Waals surface area contributed by atoms with Crippen molar-refractivity contribution in [2.45, 2.75) is 5.78 Å². The molecule has 0 rings (SSSR count). The van der Waals surface area contributed by atoms with Gasteiger partial charge >= 0.3 is 27.4 Å². The molecule has 0 radical (unpaired) electrons. The lowest BCUT2D eigenvalue weighted by atomic mass is 10.6. The van der Waals surface area contributed by atoms with Crippen molar-refractivity contribution in [3.05, 3.63) is 0 Å². The lowest BCUT2D eigenvalue weighted by Gasteiger charge is -2.24. The molecule has 0 aromatic rings. The van der Waals surface area contributed by atoms with Crippen molar-refractivity contribution < 1.29 is 53.4 Å². The monoisotopic (exact) mass is 440 g/mol. The molecule has 1 unspecified atom stereocenters. The molecule has 0 heterocycles.